The first-order valence-electron chi connectivity index (χ1n) is 7.13. The van der Waals surface area contributed by atoms with E-state index in [2.05, 4.69) is 5.32 Å². The molecule has 0 aromatic heterocycles. The highest BCUT2D eigenvalue weighted by atomic mass is 35.5. The topological polar surface area (TPSA) is 58.6 Å². The maximum atomic E-state index is 12.8. The van der Waals surface area contributed by atoms with Gasteiger partial charge in [-0.15, -0.1) is 0 Å². The molecule has 5 nitrogen and oxygen atoms in total. The molecule has 0 unspecified atom stereocenters. The van der Waals surface area contributed by atoms with Gasteiger partial charge in [-0.2, -0.15) is 0 Å². The van der Waals surface area contributed by atoms with Crippen LogP contribution in [0.25, 0.3) is 0 Å². The Bertz CT molecular complexity index is 631. The summed E-state index contributed by atoms with van der Waals surface area (Å²) in [5.74, 6) is -0.322. The fourth-order valence-corrected chi connectivity index (χ4v) is 3.53. The minimum absolute atomic E-state index is 0.0854. The first kappa shape index (κ1) is 15.6. The number of nitrogens with zero attached hydrogens (tertiary/aromatic N) is 1. The normalized spacial score (nSPS) is 28.3. The Labute approximate surface area is 138 Å². The van der Waals surface area contributed by atoms with Gasteiger partial charge >= 0.3 is 6.03 Å². The summed E-state index contributed by atoms with van der Waals surface area (Å²) in [6.07, 6.45) is 1.72. The predicted octanol–water partition coefficient (Wildman–Crippen LogP) is 2.94. The second-order valence-corrected chi connectivity index (χ2v) is 6.57. The number of ether oxygens (including phenoxy) is 1. The number of hydrogen-bond acceptors (Lipinski definition) is 3. The summed E-state index contributed by atoms with van der Waals surface area (Å²) in [4.78, 5) is 26.2. The van der Waals surface area contributed by atoms with Crippen molar-refractivity contribution in [1.82, 2.24) is 10.2 Å². The molecule has 3 amide bonds. The quantitative estimate of drug-likeness (QED) is 0.859. The van der Waals surface area contributed by atoms with Crippen molar-refractivity contribution in [2.75, 3.05) is 13.2 Å². The smallest absolute Gasteiger partial charge is 0.325 e. The van der Waals surface area contributed by atoms with E-state index in [9.17, 15) is 9.59 Å². The molecule has 118 valence electrons. The lowest BCUT2D eigenvalue weighted by molar-refractivity contribution is -0.132. The number of carbonyl (C=O) groups excluding carboxylic acids is 2. The predicted molar refractivity (Wildman–Crippen MR) is 83.0 cm³/mol. The van der Waals surface area contributed by atoms with Crippen LogP contribution in [0.5, 0.6) is 0 Å². The van der Waals surface area contributed by atoms with Crippen molar-refractivity contribution in [1.29, 1.82) is 0 Å². The number of benzene rings is 1. The highest BCUT2D eigenvalue weighted by Gasteiger charge is 2.50. The zero-order valence-corrected chi connectivity index (χ0v) is 13.6. The molecule has 2 aliphatic rings. The van der Waals surface area contributed by atoms with Gasteiger partial charge in [0.1, 0.15) is 5.54 Å². The van der Waals surface area contributed by atoms with Crippen LogP contribution in [0, 0.1) is 0 Å². The van der Waals surface area contributed by atoms with Gasteiger partial charge in [-0.3, -0.25) is 9.69 Å². The molecule has 2 aliphatic heterocycles. The van der Waals surface area contributed by atoms with Gasteiger partial charge in [-0.25, -0.2) is 4.79 Å². The van der Waals surface area contributed by atoms with Gasteiger partial charge in [0.15, 0.2) is 0 Å². The number of nitrogens with one attached hydrogen (secondary N) is 1. The minimum Gasteiger partial charge on any atom is -0.376 e. The van der Waals surface area contributed by atoms with Gasteiger partial charge < -0.3 is 10.1 Å². The molecule has 2 fully saturated rings. The molecule has 3 rings (SSSR count). The fraction of sp³-hybridized carbons (Fsp3) is 0.467. The van der Waals surface area contributed by atoms with Crippen LogP contribution in [0.1, 0.15) is 25.3 Å². The minimum atomic E-state index is -1.18. The summed E-state index contributed by atoms with van der Waals surface area (Å²) in [5, 5.41) is 3.56. The number of halogens is 2. The molecule has 1 N–H and O–H groups in total. The summed E-state index contributed by atoms with van der Waals surface area (Å²) in [6.45, 7) is 2.60. The van der Waals surface area contributed by atoms with Crippen molar-refractivity contribution in [2.24, 2.45) is 0 Å². The van der Waals surface area contributed by atoms with E-state index in [4.69, 9.17) is 27.9 Å². The molecule has 0 aliphatic carbocycles. The van der Waals surface area contributed by atoms with Crippen LogP contribution in [0.3, 0.4) is 0 Å². The van der Waals surface area contributed by atoms with Crippen LogP contribution in [0.2, 0.25) is 10.0 Å². The van der Waals surface area contributed by atoms with E-state index >= 15 is 0 Å². The van der Waals surface area contributed by atoms with E-state index in [0.717, 1.165) is 12.8 Å². The van der Waals surface area contributed by atoms with E-state index in [0.29, 0.717) is 22.2 Å². The summed E-state index contributed by atoms with van der Waals surface area (Å²) < 4.78 is 5.51. The summed E-state index contributed by atoms with van der Waals surface area (Å²) in [7, 11) is 0. The number of rotatable bonds is 3. The number of imide groups is 1. The molecule has 2 saturated heterocycles. The molecular weight excluding hydrogens is 327 g/mol. The number of amides is 3. The zero-order valence-electron chi connectivity index (χ0n) is 12.1. The van der Waals surface area contributed by atoms with E-state index < -0.39 is 11.6 Å². The van der Waals surface area contributed by atoms with Crippen LogP contribution in [-0.2, 0) is 15.1 Å². The molecule has 0 bridgehead atoms. The highest BCUT2D eigenvalue weighted by molar-refractivity contribution is 6.35. The van der Waals surface area contributed by atoms with E-state index in [1.807, 2.05) is 0 Å². The second kappa shape index (κ2) is 5.72. The average molecular weight is 343 g/mol. The third-order valence-corrected chi connectivity index (χ3v) is 4.70. The van der Waals surface area contributed by atoms with Crippen molar-refractivity contribution in [3.05, 3.63) is 33.8 Å². The molecule has 0 radical (unpaired) electrons. The third-order valence-electron chi connectivity index (χ3n) is 4.15. The molecule has 1 aromatic carbocycles. The Morgan fingerprint density at radius 3 is 2.82 bits per heavy atom. The molecule has 0 spiro atoms. The van der Waals surface area contributed by atoms with Gasteiger partial charge in [-0.05, 0) is 31.9 Å². The summed E-state index contributed by atoms with van der Waals surface area (Å²) in [6, 6.07) is 4.45. The first-order valence-corrected chi connectivity index (χ1v) is 7.88. The van der Waals surface area contributed by atoms with E-state index in [1.54, 1.807) is 25.1 Å². The summed E-state index contributed by atoms with van der Waals surface area (Å²) >= 11 is 12.1. The van der Waals surface area contributed by atoms with Gasteiger partial charge in [0, 0.05) is 22.2 Å². The lowest BCUT2D eigenvalue weighted by atomic mass is 9.92. The maximum Gasteiger partial charge on any atom is 0.325 e. The lowest BCUT2D eigenvalue weighted by Crippen LogP contribution is -2.42. The van der Waals surface area contributed by atoms with Gasteiger partial charge in [0.05, 0.1) is 12.6 Å². The number of urea groups is 1. The van der Waals surface area contributed by atoms with Crippen LogP contribution in [-0.4, -0.2) is 36.1 Å². The molecule has 7 heteroatoms. The monoisotopic (exact) mass is 342 g/mol. The van der Waals surface area contributed by atoms with Crippen molar-refractivity contribution < 1.29 is 14.3 Å². The molecule has 22 heavy (non-hydrogen) atoms. The molecule has 0 saturated carbocycles. The van der Waals surface area contributed by atoms with Crippen LogP contribution < -0.4 is 5.32 Å². The lowest BCUT2D eigenvalue weighted by Gasteiger charge is -2.24. The van der Waals surface area contributed by atoms with Gasteiger partial charge in [0.25, 0.3) is 5.91 Å². The highest BCUT2D eigenvalue weighted by Crippen LogP contribution is 2.35. The largest absolute Gasteiger partial charge is 0.376 e. The van der Waals surface area contributed by atoms with Crippen molar-refractivity contribution in [2.45, 2.75) is 31.4 Å². The van der Waals surface area contributed by atoms with E-state index in [-0.39, 0.29) is 18.6 Å². The second-order valence-electron chi connectivity index (χ2n) is 5.73. The van der Waals surface area contributed by atoms with Gasteiger partial charge in [-0.1, -0.05) is 29.3 Å². The molecule has 2 atom stereocenters. The Morgan fingerprint density at radius 2 is 2.18 bits per heavy atom. The van der Waals surface area contributed by atoms with Crippen LogP contribution in [0.4, 0.5) is 4.79 Å². The van der Waals surface area contributed by atoms with E-state index in [1.165, 1.54) is 4.90 Å². The molecular formula is C15H16Cl2N2O3. The zero-order chi connectivity index (χ0) is 15.9. The Balaban J connectivity index is 1.88. The van der Waals surface area contributed by atoms with Gasteiger partial charge in [0.2, 0.25) is 0 Å². The molecule has 2 heterocycles. The average Bonchev–Trinajstić information content (AvgIpc) is 3.02. The standard InChI is InChI=1S/C15H16Cl2N2O3/c1-15(11-5-4-9(16)7-12(11)17)13(20)19(14(21)18-15)8-10-3-2-6-22-10/h4-5,7,10H,2-3,6,8H2,1H3,(H,18,21)/t10-,15-/m1/s1. The van der Waals surface area contributed by atoms with Crippen LogP contribution in [0.15, 0.2) is 18.2 Å². The van der Waals surface area contributed by atoms with Crippen molar-refractivity contribution >= 4 is 35.1 Å². The first-order chi connectivity index (χ1) is 10.4. The third kappa shape index (κ3) is 2.57. The van der Waals surface area contributed by atoms with Crippen molar-refractivity contribution in [3.63, 3.8) is 0 Å². The molecule has 1 aromatic rings. The Morgan fingerprint density at radius 1 is 1.41 bits per heavy atom. The Kier molecular flexibility index (Phi) is 4.05. The summed E-state index contributed by atoms with van der Waals surface area (Å²) in [5.41, 5.74) is -0.649. The SMILES string of the molecule is C[C@]1(c2ccc(Cl)cc2Cl)NC(=O)N(C[C@H]2CCCO2)C1=O. The maximum absolute atomic E-state index is 12.8. The van der Waals surface area contributed by atoms with Crippen LogP contribution >= 0.6 is 23.2 Å². The number of carbonyl (C=O) groups is 2. The number of hydrogen-bond donors (Lipinski definition) is 1. The van der Waals surface area contributed by atoms with Crippen molar-refractivity contribution in [3.8, 4) is 0 Å². The fourth-order valence-electron chi connectivity index (χ4n) is 2.93. The Hall–Kier alpha value is -1.30.